The number of allylic oxidation sites excluding steroid dienone is 4. The highest BCUT2D eigenvalue weighted by molar-refractivity contribution is 5.67. The van der Waals surface area contributed by atoms with Gasteiger partial charge in [0, 0.05) is 49.4 Å². The summed E-state index contributed by atoms with van der Waals surface area (Å²) in [4.78, 5) is 11.3. The van der Waals surface area contributed by atoms with E-state index in [2.05, 4.69) is 22.9 Å². The van der Waals surface area contributed by atoms with E-state index >= 15 is 0 Å². The summed E-state index contributed by atoms with van der Waals surface area (Å²) >= 11 is 0. The molecule has 0 saturated carbocycles. The van der Waals surface area contributed by atoms with Crippen LogP contribution in [0.25, 0.3) is 28.3 Å². The van der Waals surface area contributed by atoms with E-state index in [1.54, 1.807) is 12.4 Å². The number of ether oxygens (including phenoxy) is 1. The predicted octanol–water partition coefficient (Wildman–Crippen LogP) is 3.79. The topological polar surface area (TPSA) is 73.4 Å². The Morgan fingerprint density at radius 2 is 1.88 bits per heavy atom. The van der Waals surface area contributed by atoms with Crippen molar-refractivity contribution < 1.29 is 4.74 Å². The van der Waals surface area contributed by atoms with E-state index in [4.69, 9.17) is 19.9 Å². The summed E-state index contributed by atoms with van der Waals surface area (Å²) in [7, 11) is 0. The minimum atomic E-state index is 0.693. The van der Waals surface area contributed by atoms with Crippen LogP contribution in [0.1, 0.15) is 19.5 Å². The lowest BCUT2D eigenvalue weighted by Crippen LogP contribution is -2.37. The zero-order chi connectivity index (χ0) is 21.9. The average Bonchev–Trinajstić information content (AvgIpc) is 3.51. The zero-order valence-corrected chi connectivity index (χ0v) is 18.2. The van der Waals surface area contributed by atoms with Gasteiger partial charge in [0.1, 0.15) is 5.82 Å². The molecule has 1 aliphatic rings. The third-order valence-corrected chi connectivity index (χ3v) is 5.47. The second-order valence-electron chi connectivity index (χ2n) is 7.63. The molecule has 0 radical (unpaired) electrons. The molecule has 0 amide bonds. The lowest BCUT2D eigenvalue weighted by atomic mass is 10.2. The number of fused-ring (bicyclic) bond motifs is 1. The number of morpholine rings is 1. The first-order chi connectivity index (χ1) is 15.7. The van der Waals surface area contributed by atoms with Gasteiger partial charge in [0.15, 0.2) is 11.5 Å². The molecular weight excluding hydrogens is 402 g/mol. The molecule has 8 nitrogen and oxygen atoms in total. The number of rotatable bonds is 5. The van der Waals surface area contributed by atoms with Crippen LogP contribution in [-0.4, -0.2) is 55.7 Å². The van der Waals surface area contributed by atoms with Crippen LogP contribution >= 0.6 is 0 Å². The summed E-state index contributed by atoms with van der Waals surface area (Å²) in [5.74, 6) is 1.73. The van der Waals surface area contributed by atoms with Gasteiger partial charge in [-0.05, 0) is 37.6 Å². The number of anilines is 1. The van der Waals surface area contributed by atoms with E-state index in [0.29, 0.717) is 13.2 Å². The fourth-order valence-corrected chi connectivity index (χ4v) is 3.73. The van der Waals surface area contributed by atoms with Crippen molar-refractivity contribution in [1.82, 2.24) is 29.4 Å². The van der Waals surface area contributed by atoms with Crippen LogP contribution < -0.4 is 4.90 Å². The molecule has 0 atom stereocenters. The van der Waals surface area contributed by atoms with Crippen molar-refractivity contribution in [3.05, 3.63) is 72.8 Å². The standard InChI is InChI=1S/C24H25N7O/c1-3-4-5-18(2)20-8-11-30(27-20)22-17-24(29-12-14-32-15-13-29)31-23(26-22)16-21(28-31)19-6-9-25-10-7-19/h3-11,16-17H,12-15H2,1-2H3/b4-3-,18-5+. The van der Waals surface area contributed by atoms with Gasteiger partial charge in [-0.25, -0.2) is 9.67 Å². The van der Waals surface area contributed by atoms with Crippen molar-refractivity contribution in [3.8, 4) is 17.1 Å². The van der Waals surface area contributed by atoms with E-state index < -0.39 is 0 Å². The molecule has 5 rings (SSSR count). The molecule has 0 aliphatic carbocycles. The van der Waals surface area contributed by atoms with Gasteiger partial charge in [-0.15, -0.1) is 0 Å². The third kappa shape index (κ3) is 3.92. The lowest BCUT2D eigenvalue weighted by molar-refractivity contribution is 0.122. The fraction of sp³-hybridized carbons (Fsp3) is 0.250. The van der Waals surface area contributed by atoms with Gasteiger partial charge in [-0.3, -0.25) is 4.98 Å². The van der Waals surface area contributed by atoms with Crippen LogP contribution in [0.2, 0.25) is 0 Å². The Morgan fingerprint density at radius 3 is 2.66 bits per heavy atom. The molecule has 4 aromatic rings. The van der Waals surface area contributed by atoms with Crippen molar-refractivity contribution in [2.45, 2.75) is 13.8 Å². The van der Waals surface area contributed by atoms with Gasteiger partial charge in [0.2, 0.25) is 0 Å². The highest BCUT2D eigenvalue weighted by Gasteiger charge is 2.19. The maximum atomic E-state index is 5.56. The quantitative estimate of drug-likeness (QED) is 0.451. The summed E-state index contributed by atoms with van der Waals surface area (Å²) < 4.78 is 9.30. The van der Waals surface area contributed by atoms with Gasteiger partial charge in [0.05, 0.1) is 24.6 Å². The van der Waals surface area contributed by atoms with E-state index in [1.165, 1.54) is 0 Å². The molecule has 32 heavy (non-hydrogen) atoms. The van der Waals surface area contributed by atoms with Crippen molar-refractivity contribution >= 4 is 17.0 Å². The van der Waals surface area contributed by atoms with E-state index in [0.717, 1.165) is 52.9 Å². The summed E-state index contributed by atoms with van der Waals surface area (Å²) in [6, 6.07) is 9.97. The summed E-state index contributed by atoms with van der Waals surface area (Å²) in [5.41, 5.74) is 4.65. The minimum absolute atomic E-state index is 0.693. The Hall–Kier alpha value is -3.78. The van der Waals surface area contributed by atoms with Gasteiger partial charge in [0.25, 0.3) is 0 Å². The number of hydrogen-bond acceptors (Lipinski definition) is 6. The van der Waals surface area contributed by atoms with Crippen LogP contribution in [0.5, 0.6) is 0 Å². The fourth-order valence-electron chi connectivity index (χ4n) is 3.73. The first-order valence-electron chi connectivity index (χ1n) is 10.7. The van der Waals surface area contributed by atoms with Gasteiger partial charge in [-0.1, -0.05) is 18.2 Å². The second kappa shape index (κ2) is 8.76. The molecule has 5 heterocycles. The van der Waals surface area contributed by atoms with Crippen molar-refractivity contribution in [1.29, 1.82) is 0 Å². The number of pyridine rings is 1. The Labute approximate surface area is 186 Å². The predicted molar refractivity (Wildman–Crippen MR) is 125 cm³/mol. The molecule has 4 aromatic heterocycles. The average molecular weight is 428 g/mol. The monoisotopic (exact) mass is 427 g/mol. The molecule has 0 N–H and O–H groups in total. The summed E-state index contributed by atoms with van der Waals surface area (Å²) in [6.07, 6.45) is 11.6. The second-order valence-corrected chi connectivity index (χ2v) is 7.63. The maximum Gasteiger partial charge on any atom is 0.160 e. The highest BCUT2D eigenvalue weighted by atomic mass is 16.5. The SMILES string of the molecule is C/C=C\C=C(/C)c1ccn(-c2cc(N3CCOCC3)n3nc(-c4ccncc4)cc3n2)n1. The Bertz CT molecular complexity index is 1280. The molecule has 162 valence electrons. The zero-order valence-electron chi connectivity index (χ0n) is 18.2. The normalized spacial score (nSPS) is 15.2. The smallest absolute Gasteiger partial charge is 0.160 e. The molecule has 0 unspecified atom stereocenters. The molecule has 8 heteroatoms. The minimum Gasteiger partial charge on any atom is -0.378 e. The molecule has 1 saturated heterocycles. The molecule has 0 spiro atoms. The molecule has 1 aliphatic heterocycles. The highest BCUT2D eigenvalue weighted by Crippen LogP contribution is 2.25. The largest absolute Gasteiger partial charge is 0.378 e. The molecule has 1 fully saturated rings. The van der Waals surface area contributed by atoms with Gasteiger partial charge < -0.3 is 9.64 Å². The van der Waals surface area contributed by atoms with Crippen LogP contribution in [0.15, 0.2) is 67.2 Å². The third-order valence-electron chi connectivity index (χ3n) is 5.47. The van der Waals surface area contributed by atoms with Gasteiger partial charge in [-0.2, -0.15) is 14.7 Å². The van der Waals surface area contributed by atoms with E-state index in [1.807, 2.05) is 64.8 Å². The molecular formula is C24H25N7O. The van der Waals surface area contributed by atoms with E-state index in [-0.39, 0.29) is 0 Å². The molecule has 0 bridgehead atoms. The number of hydrogen-bond donors (Lipinski definition) is 0. The lowest BCUT2D eigenvalue weighted by Gasteiger charge is -2.29. The first-order valence-corrected chi connectivity index (χ1v) is 10.7. The van der Waals surface area contributed by atoms with Gasteiger partial charge >= 0.3 is 0 Å². The van der Waals surface area contributed by atoms with Crippen LogP contribution in [-0.2, 0) is 4.74 Å². The van der Waals surface area contributed by atoms with Crippen molar-refractivity contribution in [2.75, 3.05) is 31.2 Å². The van der Waals surface area contributed by atoms with Crippen LogP contribution in [0.4, 0.5) is 5.82 Å². The van der Waals surface area contributed by atoms with Crippen LogP contribution in [0.3, 0.4) is 0 Å². The Kier molecular flexibility index (Phi) is 5.51. The number of nitrogens with zero attached hydrogens (tertiary/aromatic N) is 7. The van der Waals surface area contributed by atoms with Crippen molar-refractivity contribution in [3.63, 3.8) is 0 Å². The Balaban J connectivity index is 1.61. The first kappa shape index (κ1) is 20.1. The Morgan fingerprint density at radius 1 is 1.06 bits per heavy atom. The summed E-state index contributed by atoms with van der Waals surface area (Å²) in [6.45, 7) is 7.05. The summed E-state index contributed by atoms with van der Waals surface area (Å²) in [5, 5.41) is 9.62. The van der Waals surface area contributed by atoms with Crippen molar-refractivity contribution in [2.24, 2.45) is 0 Å². The number of aromatic nitrogens is 6. The van der Waals surface area contributed by atoms with E-state index in [9.17, 15) is 0 Å². The van der Waals surface area contributed by atoms with Crippen LogP contribution in [0, 0.1) is 0 Å². The molecule has 0 aromatic carbocycles. The maximum absolute atomic E-state index is 5.56.